The average molecular weight is 471 g/mol. The molecule has 34 heavy (non-hydrogen) atoms. The van der Waals surface area contributed by atoms with Gasteiger partial charge in [-0.1, -0.05) is 30.3 Å². The lowest BCUT2D eigenvalue weighted by molar-refractivity contribution is -0.122. The first kappa shape index (κ1) is 23.1. The Bertz CT molecular complexity index is 1250. The lowest BCUT2D eigenvalue weighted by atomic mass is 10.1. The summed E-state index contributed by atoms with van der Waals surface area (Å²) in [5.74, 6) is 0.875. The minimum atomic E-state index is -0.133. The van der Waals surface area contributed by atoms with Gasteiger partial charge in [-0.15, -0.1) is 0 Å². The van der Waals surface area contributed by atoms with Gasteiger partial charge < -0.3 is 9.47 Å². The van der Waals surface area contributed by atoms with Crippen LogP contribution >= 0.6 is 11.8 Å². The molecule has 1 aromatic heterocycles. The van der Waals surface area contributed by atoms with Crippen LogP contribution < -0.4 is 9.47 Å². The van der Waals surface area contributed by atoms with Gasteiger partial charge in [0.1, 0.15) is 6.07 Å². The van der Waals surface area contributed by atoms with Crippen LogP contribution in [0.5, 0.6) is 11.5 Å². The Morgan fingerprint density at radius 2 is 1.97 bits per heavy atom. The van der Waals surface area contributed by atoms with Crippen LogP contribution in [0.2, 0.25) is 0 Å². The monoisotopic (exact) mass is 470 g/mol. The summed E-state index contributed by atoms with van der Waals surface area (Å²) in [6.07, 6.45) is 5.26. The molecule has 8 heteroatoms. The predicted molar refractivity (Wildman–Crippen MR) is 133 cm³/mol. The maximum Gasteiger partial charge on any atom is 0.267 e. The number of amidine groups is 1. The van der Waals surface area contributed by atoms with Crippen molar-refractivity contribution in [2.24, 2.45) is 4.99 Å². The maximum absolute atomic E-state index is 13.4. The van der Waals surface area contributed by atoms with Gasteiger partial charge in [-0.05, 0) is 66.2 Å². The quantitative estimate of drug-likeness (QED) is 0.421. The molecule has 0 spiro atoms. The van der Waals surface area contributed by atoms with Gasteiger partial charge in [0, 0.05) is 12.4 Å². The maximum atomic E-state index is 13.4. The molecular formula is C26H22N4O3S. The summed E-state index contributed by atoms with van der Waals surface area (Å²) in [6.45, 7) is 2.62. The van der Waals surface area contributed by atoms with Gasteiger partial charge in [-0.3, -0.25) is 14.7 Å². The Morgan fingerprint density at radius 3 is 2.71 bits per heavy atom. The summed E-state index contributed by atoms with van der Waals surface area (Å²) < 4.78 is 11.1. The fourth-order valence-corrected chi connectivity index (χ4v) is 4.28. The van der Waals surface area contributed by atoms with E-state index in [1.165, 1.54) is 11.8 Å². The van der Waals surface area contributed by atoms with Gasteiger partial charge in [0.2, 0.25) is 0 Å². The van der Waals surface area contributed by atoms with Crippen molar-refractivity contribution in [1.82, 2.24) is 9.88 Å². The smallest absolute Gasteiger partial charge is 0.267 e. The number of aliphatic imine (C=N–C) groups is 1. The highest BCUT2D eigenvalue weighted by Gasteiger charge is 2.33. The van der Waals surface area contributed by atoms with Crippen molar-refractivity contribution in [2.45, 2.75) is 13.5 Å². The third kappa shape index (κ3) is 5.63. The third-order valence-corrected chi connectivity index (χ3v) is 5.80. The zero-order valence-electron chi connectivity index (χ0n) is 18.5. The second-order valence-electron chi connectivity index (χ2n) is 7.18. The number of nitrogens with zero attached hydrogens (tertiary/aromatic N) is 4. The van der Waals surface area contributed by atoms with E-state index in [0.717, 1.165) is 16.8 Å². The Labute approximate surface area is 202 Å². The van der Waals surface area contributed by atoms with Crippen molar-refractivity contribution in [3.05, 3.63) is 89.1 Å². The molecule has 0 bridgehead atoms. The fraction of sp³-hybridized carbons (Fsp3) is 0.154. The molecule has 0 aliphatic carbocycles. The molecule has 0 radical (unpaired) electrons. The summed E-state index contributed by atoms with van der Waals surface area (Å²) >= 11 is 1.33. The number of benzene rings is 2. The summed E-state index contributed by atoms with van der Waals surface area (Å²) in [5, 5.41) is 9.40. The van der Waals surface area contributed by atoms with Crippen molar-refractivity contribution < 1.29 is 14.3 Å². The summed E-state index contributed by atoms with van der Waals surface area (Å²) in [4.78, 5) is 24.5. The Balaban J connectivity index is 1.66. The number of rotatable bonds is 8. The number of hydrogen-bond donors (Lipinski definition) is 0. The number of carbonyl (C=O) groups is 1. The van der Waals surface area contributed by atoms with E-state index in [0.29, 0.717) is 34.7 Å². The van der Waals surface area contributed by atoms with Crippen molar-refractivity contribution in [2.75, 3.05) is 13.2 Å². The van der Waals surface area contributed by atoms with Crippen LogP contribution in [0.1, 0.15) is 18.1 Å². The minimum Gasteiger partial charge on any atom is -0.490 e. The number of nitriles is 1. The number of thioether (sulfide) groups is 1. The Morgan fingerprint density at radius 1 is 1.12 bits per heavy atom. The molecule has 1 aliphatic rings. The molecule has 170 valence electrons. The first-order valence-electron chi connectivity index (χ1n) is 10.7. The highest BCUT2D eigenvalue weighted by Crippen LogP contribution is 2.36. The number of aromatic nitrogens is 1. The van der Waals surface area contributed by atoms with Gasteiger partial charge in [-0.2, -0.15) is 5.26 Å². The van der Waals surface area contributed by atoms with Gasteiger partial charge in [0.15, 0.2) is 23.3 Å². The van der Waals surface area contributed by atoms with Crippen LogP contribution in [0, 0.1) is 11.3 Å². The van der Waals surface area contributed by atoms with Crippen LogP contribution in [0.25, 0.3) is 6.08 Å². The van der Waals surface area contributed by atoms with E-state index in [1.54, 1.807) is 29.4 Å². The number of para-hydroxylation sites is 1. The molecule has 0 unspecified atom stereocenters. The molecule has 1 aliphatic heterocycles. The molecule has 4 rings (SSSR count). The van der Waals surface area contributed by atoms with Gasteiger partial charge in [0.25, 0.3) is 5.91 Å². The largest absolute Gasteiger partial charge is 0.490 e. The first-order valence-corrected chi connectivity index (χ1v) is 11.5. The predicted octanol–water partition coefficient (Wildman–Crippen LogP) is 5.19. The summed E-state index contributed by atoms with van der Waals surface area (Å²) in [5.41, 5.74) is 2.47. The first-order chi connectivity index (χ1) is 16.7. The molecule has 1 saturated heterocycles. The zero-order valence-corrected chi connectivity index (χ0v) is 19.4. The second-order valence-corrected chi connectivity index (χ2v) is 8.19. The molecule has 2 aromatic carbocycles. The van der Waals surface area contributed by atoms with E-state index < -0.39 is 0 Å². The Kier molecular flexibility index (Phi) is 7.58. The summed E-state index contributed by atoms with van der Waals surface area (Å²) in [6, 6.07) is 20.6. The van der Waals surface area contributed by atoms with Gasteiger partial charge in [0.05, 0.1) is 23.7 Å². The van der Waals surface area contributed by atoms with E-state index in [4.69, 9.17) is 19.7 Å². The number of hydrogen-bond acceptors (Lipinski definition) is 7. The molecule has 1 fully saturated rings. The second kappa shape index (κ2) is 11.2. The number of amides is 1. The highest BCUT2D eigenvalue weighted by atomic mass is 32.2. The molecule has 2 heterocycles. The van der Waals surface area contributed by atoms with Crippen molar-refractivity contribution in [3.63, 3.8) is 0 Å². The topological polar surface area (TPSA) is 87.8 Å². The van der Waals surface area contributed by atoms with Crippen LogP contribution in [0.15, 0.2) is 83.0 Å². The minimum absolute atomic E-state index is 0.0720. The lowest BCUT2D eigenvalue weighted by Crippen LogP contribution is -2.28. The standard InChI is InChI=1S/C26H22N4O3S/c1-2-32-23-15-19(10-11-22(23)33-14-12-27)16-24-25(31)30(18-20-7-6-13-28-17-20)26(34-24)29-21-8-4-3-5-9-21/h3-11,13,15-17H,2,14,18H2,1H3/b24-16-,29-26?. The molecule has 0 saturated carbocycles. The number of pyridine rings is 1. The normalized spacial score (nSPS) is 15.5. The molecule has 0 N–H and O–H groups in total. The van der Waals surface area contributed by atoms with Gasteiger partial charge >= 0.3 is 0 Å². The van der Waals surface area contributed by atoms with Crippen molar-refractivity contribution in [1.29, 1.82) is 5.26 Å². The SMILES string of the molecule is CCOc1cc(/C=C2\SC(=Nc3ccccc3)N(Cc3cccnc3)C2=O)ccc1OCC#N. The van der Waals surface area contributed by atoms with Crippen LogP contribution in [-0.2, 0) is 11.3 Å². The summed E-state index contributed by atoms with van der Waals surface area (Å²) in [7, 11) is 0. The lowest BCUT2D eigenvalue weighted by Gasteiger charge is -2.15. The average Bonchev–Trinajstić information content (AvgIpc) is 3.14. The van der Waals surface area contributed by atoms with Crippen LogP contribution in [0.4, 0.5) is 5.69 Å². The number of ether oxygens (including phenoxy) is 2. The van der Waals surface area contributed by atoms with Crippen molar-refractivity contribution >= 4 is 34.6 Å². The highest BCUT2D eigenvalue weighted by molar-refractivity contribution is 8.18. The van der Waals surface area contributed by atoms with E-state index in [9.17, 15) is 4.79 Å². The molecule has 3 aromatic rings. The van der Waals surface area contributed by atoms with Gasteiger partial charge in [-0.25, -0.2) is 4.99 Å². The van der Waals surface area contributed by atoms with E-state index in [1.807, 2.05) is 67.6 Å². The number of carbonyl (C=O) groups excluding carboxylic acids is 1. The Hall–Kier alpha value is -4.09. The van der Waals surface area contributed by atoms with Crippen LogP contribution in [0.3, 0.4) is 0 Å². The van der Waals surface area contributed by atoms with Crippen molar-refractivity contribution in [3.8, 4) is 17.6 Å². The molecule has 7 nitrogen and oxygen atoms in total. The van der Waals surface area contributed by atoms with E-state index in [-0.39, 0.29) is 12.5 Å². The fourth-order valence-electron chi connectivity index (χ4n) is 3.28. The molecule has 1 amide bonds. The van der Waals surface area contributed by atoms with E-state index >= 15 is 0 Å². The van der Waals surface area contributed by atoms with E-state index in [2.05, 4.69) is 4.98 Å². The molecular weight excluding hydrogens is 448 g/mol. The zero-order chi connectivity index (χ0) is 23.8. The molecule has 0 atom stereocenters. The van der Waals surface area contributed by atoms with Crippen LogP contribution in [-0.4, -0.2) is 34.2 Å². The third-order valence-electron chi connectivity index (χ3n) is 4.79.